The molecule has 1 unspecified atom stereocenters. The summed E-state index contributed by atoms with van der Waals surface area (Å²) in [5.41, 5.74) is 2.75. The fraction of sp³-hybridized carbons (Fsp3) is 0.520. The van der Waals surface area contributed by atoms with Crippen LogP contribution in [0.5, 0.6) is 0 Å². The molecule has 186 valence electrons. The summed E-state index contributed by atoms with van der Waals surface area (Å²) in [6.45, 7) is 2.75. The van der Waals surface area contributed by atoms with Crippen molar-refractivity contribution in [1.82, 2.24) is 34.2 Å². The molecule has 4 heterocycles. The number of pyridine rings is 1. The predicted molar refractivity (Wildman–Crippen MR) is 134 cm³/mol. The van der Waals surface area contributed by atoms with Crippen molar-refractivity contribution in [2.45, 2.75) is 44.5 Å². The van der Waals surface area contributed by atoms with E-state index in [2.05, 4.69) is 24.8 Å². The number of aliphatic hydroxyl groups excluding tert-OH is 1. The van der Waals surface area contributed by atoms with Crippen molar-refractivity contribution in [1.29, 1.82) is 0 Å². The lowest BCUT2D eigenvalue weighted by Gasteiger charge is -2.31. The van der Waals surface area contributed by atoms with Crippen molar-refractivity contribution < 1.29 is 9.90 Å². The smallest absolute Gasteiger partial charge is 0.236 e. The molecule has 0 spiro atoms. The van der Waals surface area contributed by atoms with Gasteiger partial charge in [0, 0.05) is 50.5 Å². The van der Waals surface area contributed by atoms with Gasteiger partial charge in [0.2, 0.25) is 11.9 Å². The Morgan fingerprint density at radius 2 is 1.97 bits per heavy atom. The van der Waals surface area contributed by atoms with Gasteiger partial charge < -0.3 is 19.9 Å². The number of anilines is 2. The summed E-state index contributed by atoms with van der Waals surface area (Å²) in [5, 5.41) is 15.0. The standard InChI is InChI=1S/C25H34N8O2/c1-30(2)24(35)20-12-18-14-27-25(29-23(18)33(20)19-6-4-5-7-19)28-21-9-8-17(13-26-21)15-32-11-10-31(3)22(34)16-32/h8-9,12-14,19,24,35H,4-7,10-11,15-16H2,1-3H3,(H,26,27,28,29). The van der Waals surface area contributed by atoms with Crippen molar-refractivity contribution in [2.75, 3.05) is 46.1 Å². The molecule has 1 aliphatic heterocycles. The van der Waals surface area contributed by atoms with E-state index in [-0.39, 0.29) is 5.91 Å². The number of fused-ring (bicyclic) bond motifs is 1. The highest BCUT2D eigenvalue weighted by atomic mass is 16.3. The van der Waals surface area contributed by atoms with Crippen LogP contribution in [0.25, 0.3) is 11.0 Å². The largest absolute Gasteiger partial charge is 0.373 e. The van der Waals surface area contributed by atoms with Gasteiger partial charge in [-0.3, -0.25) is 14.6 Å². The molecule has 3 aromatic heterocycles. The first-order valence-electron chi connectivity index (χ1n) is 12.3. The zero-order valence-electron chi connectivity index (χ0n) is 20.7. The van der Waals surface area contributed by atoms with Crippen LogP contribution in [0.4, 0.5) is 11.8 Å². The third-order valence-corrected chi connectivity index (χ3v) is 7.06. The first kappa shape index (κ1) is 23.7. The zero-order valence-corrected chi connectivity index (χ0v) is 20.7. The van der Waals surface area contributed by atoms with Crippen molar-refractivity contribution >= 4 is 28.7 Å². The minimum Gasteiger partial charge on any atom is -0.373 e. The van der Waals surface area contributed by atoms with Crippen molar-refractivity contribution in [2.24, 2.45) is 0 Å². The number of nitrogens with zero attached hydrogens (tertiary/aromatic N) is 7. The molecule has 2 fully saturated rings. The molecule has 0 bridgehead atoms. The molecule has 2 aliphatic rings. The van der Waals surface area contributed by atoms with Crippen molar-refractivity contribution in [3.8, 4) is 0 Å². The van der Waals surface area contributed by atoms with Gasteiger partial charge in [-0.15, -0.1) is 0 Å². The van der Waals surface area contributed by atoms with E-state index in [4.69, 9.17) is 4.98 Å². The second kappa shape index (κ2) is 9.88. The minimum atomic E-state index is -0.703. The Morgan fingerprint density at radius 3 is 2.66 bits per heavy atom. The van der Waals surface area contributed by atoms with E-state index in [0.29, 0.717) is 30.9 Å². The van der Waals surface area contributed by atoms with E-state index >= 15 is 0 Å². The van der Waals surface area contributed by atoms with Crippen LogP contribution in [0, 0.1) is 0 Å². The summed E-state index contributed by atoms with van der Waals surface area (Å²) in [6, 6.07) is 6.26. The number of carbonyl (C=O) groups is 1. The average Bonchev–Trinajstić information content (AvgIpc) is 3.49. The zero-order chi connectivity index (χ0) is 24.5. The second-order valence-corrected chi connectivity index (χ2v) is 9.89. The van der Waals surface area contributed by atoms with E-state index in [1.165, 1.54) is 12.8 Å². The molecule has 35 heavy (non-hydrogen) atoms. The van der Waals surface area contributed by atoms with Crippen LogP contribution >= 0.6 is 0 Å². The number of rotatable bonds is 7. The molecule has 1 saturated heterocycles. The Hall–Kier alpha value is -3.08. The third kappa shape index (κ3) is 5.00. The Balaban J connectivity index is 1.35. The Morgan fingerprint density at radius 1 is 1.17 bits per heavy atom. The monoisotopic (exact) mass is 478 g/mol. The van der Waals surface area contributed by atoms with Crippen LogP contribution in [0.3, 0.4) is 0 Å². The number of hydrogen-bond donors (Lipinski definition) is 2. The van der Waals surface area contributed by atoms with Crippen LogP contribution in [0.1, 0.15) is 49.2 Å². The first-order chi connectivity index (χ1) is 16.9. The maximum Gasteiger partial charge on any atom is 0.236 e. The lowest BCUT2D eigenvalue weighted by molar-refractivity contribution is -0.134. The lowest BCUT2D eigenvalue weighted by atomic mass is 10.2. The Bertz CT molecular complexity index is 1190. The summed E-state index contributed by atoms with van der Waals surface area (Å²) in [5.74, 6) is 1.29. The van der Waals surface area contributed by atoms with Gasteiger partial charge in [0.25, 0.3) is 0 Å². The number of amides is 1. The summed E-state index contributed by atoms with van der Waals surface area (Å²) >= 11 is 0. The molecule has 3 aromatic rings. The van der Waals surface area contributed by atoms with Crippen LogP contribution in [0.2, 0.25) is 0 Å². The maximum atomic E-state index is 12.0. The Labute approximate surface area is 205 Å². The molecule has 1 saturated carbocycles. The molecular weight excluding hydrogens is 444 g/mol. The molecule has 10 heteroatoms. The van der Waals surface area contributed by atoms with Crippen LogP contribution in [-0.2, 0) is 11.3 Å². The topological polar surface area (TPSA) is 103 Å². The van der Waals surface area contributed by atoms with Gasteiger partial charge in [-0.05, 0) is 44.6 Å². The van der Waals surface area contributed by atoms with Gasteiger partial charge in [-0.25, -0.2) is 9.97 Å². The fourth-order valence-corrected chi connectivity index (χ4v) is 5.00. The molecule has 1 aliphatic carbocycles. The number of aromatic nitrogens is 4. The van der Waals surface area contributed by atoms with Gasteiger partial charge in [0.05, 0.1) is 12.2 Å². The summed E-state index contributed by atoms with van der Waals surface area (Å²) in [6.07, 6.45) is 7.49. The number of hydrogen-bond acceptors (Lipinski definition) is 8. The summed E-state index contributed by atoms with van der Waals surface area (Å²) in [7, 11) is 5.59. The first-order valence-corrected chi connectivity index (χ1v) is 12.3. The van der Waals surface area contributed by atoms with Gasteiger partial charge in [-0.2, -0.15) is 4.98 Å². The minimum absolute atomic E-state index is 0.152. The number of aliphatic hydroxyl groups is 1. The van der Waals surface area contributed by atoms with E-state index in [1.54, 1.807) is 16.0 Å². The van der Waals surface area contributed by atoms with E-state index < -0.39 is 6.23 Å². The molecule has 1 amide bonds. The third-order valence-electron chi connectivity index (χ3n) is 7.06. The molecule has 1 atom stereocenters. The van der Waals surface area contributed by atoms with E-state index in [9.17, 15) is 9.90 Å². The average molecular weight is 479 g/mol. The Kier molecular flexibility index (Phi) is 6.68. The predicted octanol–water partition coefficient (Wildman–Crippen LogP) is 2.51. The summed E-state index contributed by atoms with van der Waals surface area (Å²) < 4.78 is 2.20. The molecule has 2 N–H and O–H groups in total. The second-order valence-electron chi connectivity index (χ2n) is 9.89. The highest BCUT2D eigenvalue weighted by molar-refractivity contribution is 5.79. The lowest BCUT2D eigenvalue weighted by Crippen LogP contribution is -2.47. The van der Waals surface area contributed by atoms with Crippen molar-refractivity contribution in [3.63, 3.8) is 0 Å². The molecule has 10 nitrogen and oxygen atoms in total. The fourth-order valence-electron chi connectivity index (χ4n) is 5.00. The molecular formula is C25H34N8O2. The van der Waals surface area contributed by atoms with Gasteiger partial charge >= 0.3 is 0 Å². The van der Waals surface area contributed by atoms with Gasteiger partial charge in [0.15, 0.2) is 0 Å². The van der Waals surface area contributed by atoms with Crippen LogP contribution in [-0.4, -0.2) is 86.0 Å². The molecule has 5 rings (SSSR count). The van der Waals surface area contributed by atoms with E-state index in [1.807, 2.05) is 45.5 Å². The quantitative estimate of drug-likeness (QED) is 0.500. The molecule has 0 radical (unpaired) electrons. The number of carbonyl (C=O) groups excluding carboxylic acids is 1. The SMILES string of the molecule is CN1CCN(Cc2ccc(Nc3ncc4cc(C(O)N(C)C)n(C5CCCC5)c4n3)nc2)CC1=O. The number of nitrogens with one attached hydrogen (secondary N) is 1. The highest BCUT2D eigenvalue weighted by Crippen LogP contribution is 2.36. The highest BCUT2D eigenvalue weighted by Gasteiger charge is 2.26. The van der Waals surface area contributed by atoms with E-state index in [0.717, 1.165) is 48.2 Å². The normalized spacial score (nSPS) is 18.7. The van der Waals surface area contributed by atoms with Crippen LogP contribution < -0.4 is 5.32 Å². The van der Waals surface area contributed by atoms with Crippen LogP contribution in [0.15, 0.2) is 30.6 Å². The number of likely N-dealkylation sites (N-methyl/N-ethyl adjacent to an activating group) is 1. The number of piperazine rings is 1. The maximum absolute atomic E-state index is 12.0. The van der Waals surface area contributed by atoms with Gasteiger partial charge in [0.1, 0.15) is 17.7 Å². The van der Waals surface area contributed by atoms with Gasteiger partial charge in [-0.1, -0.05) is 18.9 Å². The van der Waals surface area contributed by atoms with Crippen molar-refractivity contribution in [3.05, 3.63) is 41.9 Å². The molecule has 0 aromatic carbocycles. The summed E-state index contributed by atoms with van der Waals surface area (Å²) in [4.78, 5) is 31.5.